The van der Waals surface area contributed by atoms with Crippen molar-refractivity contribution in [3.8, 4) is 11.1 Å². The van der Waals surface area contributed by atoms with Crippen LogP contribution in [0.1, 0.15) is 25.3 Å². The summed E-state index contributed by atoms with van der Waals surface area (Å²) in [5, 5.41) is 6.77. The van der Waals surface area contributed by atoms with Crippen LogP contribution >= 0.6 is 9.24 Å². The molecule has 3 aromatic carbocycles. The van der Waals surface area contributed by atoms with E-state index in [1.54, 1.807) is 0 Å². The summed E-state index contributed by atoms with van der Waals surface area (Å²) in [5.74, 6) is 0. The van der Waals surface area contributed by atoms with Gasteiger partial charge >= 0.3 is 0 Å². The van der Waals surface area contributed by atoms with Crippen LogP contribution in [0, 0.1) is 0 Å². The predicted molar refractivity (Wildman–Crippen MR) is 106 cm³/mol. The molecule has 0 saturated heterocycles. The summed E-state index contributed by atoms with van der Waals surface area (Å²) in [6, 6.07) is 17.8. The number of hydrogen-bond donors (Lipinski definition) is 0. The number of hydrogen-bond acceptors (Lipinski definition) is 0. The van der Waals surface area contributed by atoms with E-state index in [1.165, 1.54) is 43.2 Å². The fourth-order valence-corrected chi connectivity index (χ4v) is 4.10. The highest BCUT2D eigenvalue weighted by Crippen LogP contribution is 2.30. The van der Waals surface area contributed by atoms with Crippen molar-refractivity contribution in [2.24, 2.45) is 0 Å². The van der Waals surface area contributed by atoms with Crippen LogP contribution in [0.3, 0.4) is 0 Å². The summed E-state index contributed by atoms with van der Waals surface area (Å²) in [7, 11) is 2.95. The van der Waals surface area contributed by atoms with Crippen LogP contribution in [0.2, 0.25) is 0 Å². The number of aryl methyl sites for hydroxylation is 1. The van der Waals surface area contributed by atoms with Gasteiger partial charge < -0.3 is 0 Å². The van der Waals surface area contributed by atoms with Crippen molar-refractivity contribution < 1.29 is 0 Å². The second kappa shape index (κ2) is 5.95. The zero-order valence-electron chi connectivity index (χ0n) is 13.5. The molecule has 0 nitrogen and oxygen atoms in total. The number of rotatable bonds is 2. The lowest BCUT2D eigenvalue weighted by Gasteiger charge is -2.17. The van der Waals surface area contributed by atoms with E-state index in [0.717, 1.165) is 19.3 Å². The van der Waals surface area contributed by atoms with Gasteiger partial charge in [0.05, 0.1) is 0 Å². The molecule has 0 heterocycles. The highest BCUT2D eigenvalue weighted by atomic mass is 31.0. The molecule has 1 heteroatoms. The minimum Gasteiger partial charge on any atom is -0.105 e. The van der Waals surface area contributed by atoms with Gasteiger partial charge in [0.25, 0.3) is 0 Å². The summed E-state index contributed by atoms with van der Waals surface area (Å²) >= 11 is 0. The van der Waals surface area contributed by atoms with E-state index >= 15 is 0 Å². The molecule has 114 valence electrons. The summed E-state index contributed by atoms with van der Waals surface area (Å²) in [6.07, 6.45) is 8.13. The summed E-state index contributed by atoms with van der Waals surface area (Å²) < 4.78 is 0. The fourth-order valence-electron chi connectivity index (χ4n) is 3.70. The van der Waals surface area contributed by atoms with E-state index in [1.807, 2.05) is 0 Å². The second-order valence-electron chi connectivity index (χ2n) is 6.19. The van der Waals surface area contributed by atoms with Crippen LogP contribution in [0.5, 0.6) is 0 Å². The normalized spacial score (nSPS) is 13.3. The monoisotopic (exact) mass is 316 g/mol. The molecule has 23 heavy (non-hydrogen) atoms. The fraction of sp³-hybridized carbons (Fsp3) is 0.182. The standard InChI is InChI=1S/C22H21P/c1-2-15-11-12-16-7-3-5-9-18(16)21(15)22-19-10-6-4-8-17(19)13-14-20(22)23/h3,5,7-14H,2,4,6,23H2,1H3. The highest BCUT2D eigenvalue weighted by Gasteiger charge is 2.13. The van der Waals surface area contributed by atoms with Crippen molar-refractivity contribution >= 4 is 37.5 Å². The van der Waals surface area contributed by atoms with Gasteiger partial charge in [-0.1, -0.05) is 67.6 Å². The maximum atomic E-state index is 2.95. The van der Waals surface area contributed by atoms with E-state index in [9.17, 15) is 0 Å². The van der Waals surface area contributed by atoms with Crippen LogP contribution in [-0.4, -0.2) is 0 Å². The third-order valence-electron chi connectivity index (χ3n) is 4.84. The van der Waals surface area contributed by atoms with Gasteiger partial charge in [-0.3, -0.25) is 0 Å². The first-order valence-electron chi connectivity index (χ1n) is 8.39. The lowest BCUT2D eigenvalue weighted by atomic mass is 9.89. The Morgan fingerprint density at radius 3 is 2.57 bits per heavy atom. The molecule has 1 unspecified atom stereocenters. The van der Waals surface area contributed by atoms with Crippen molar-refractivity contribution in [3.63, 3.8) is 0 Å². The zero-order valence-corrected chi connectivity index (χ0v) is 14.6. The Balaban J connectivity index is 2.20. The van der Waals surface area contributed by atoms with Crippen LogP contribution in [0.15, 0.2) is 48.5 Å². The first-order valence-corrected chi connectivity index (χ1v) is 8.97. The Hall–Kier alpha value is -1.91. The molecule has 0 saturated carbocycles. The van der Waals surface area contributed by atoms with E-state index < -0.39 is 0 Å². The van der Waals surface area contributed by atoms with Gasteiger partial charge in [-0.25, -0.2) is 0 Å². The molecule has 0 radical (unpaired) electrons. The Bertz CT molecular complexity index is 1010. The smallest absolute Gasteiger partial charge is 0.00280 e. The molecule has 0 spiro atoms. The predicted octanol–water partition coefficient (Wildman–Crippen LogP) is 3.92. The molecule has 1 aliphatic carbocycles. The molecule has 0 aliphatic heterocycles. The summed E-state index contributed by atoms with van der Waals surface area (Å²) in [4.78, 5) is 0. The number of fused-ring (bicyclic) bond motifs is 2. The van der Waals surface area contributed by atoms with Gasteiger partial charge in [-0.15, -0.1) is 9.24 Å². The molecule has 4 rings (SSSR count). The third-order valence-corrected chi connectivity index (χ3v) is 5.32. The summed E-state index contributed by atoms with van der Waals surface area (Å²) in [5.41, 5.74) is 4.25. The third kappa shape index (κ3) is 2.42. The van der Waals surface area contributed by atoms with Gasteiger partial charge in [-0.2, -0.15) is 0 Å². The highest BCUT2D eigenvalue weighted by molar-refractivity contribution is 7.28. The quantitative estimate of drug-likeness (QED) is 0.629. The molecular formula is C22H21P. The minimum absolute atomic E-state index is 1.05. The molecule has 0 N–H and O–H groups in total. The van der Waals surface area contributed by atoms with E-state index in [4.69, 9.17) is 0 Å². The average molecular weight is 316 g/mol. The molecule has 1 aliphatic rings. The van der Waals surface area contributed by atoms with Gasteiger partial charge in [0.1, 0.15) is 0 Å². The first kappa shape index (κ1) is 14.7. The Labute approximate surface area is 139 Å². The summed E-state index contributed by atoms with van der Waals surface area (Å²) in [6.45, 7) is 2.25. The van der Waals surface area contributed by atoms with Gasteiger partial charge in [0.15, 0.2) is 0 Å². The molecule has 0 amide bonds. The lowest BCUT2D eigenvalue weighted by molar-refractivity contribution is 1.12. The molecule has 0 bridgehead atoms. The molecule has 0 aromatic heterocycles. The second-order valence-corrected chi connectivity index (χ2v) is 6.81. The van der Waals surface area contributed by atoms with Crippen LogP contribution in [0.4, 0.5) is 0 Å². The van der Waals surface area contributed by atoms with Gasteiger partial charge in [0, 0.05) is 0 Å². The van der Waals surface area contributed by atoms with Crippen LogP contribution < -0.4 is 15.7 Å². The Morgan fingerprint density at radius 2 is 1.70 bits per heavy atom. The Morgan fingerprint density at radius 1 is 0.870 bits per heavy atom. The van der Waals surface area contributed by atoms with Crippen LogP contribution in [-0.2, 0) is 6.42 Å². The molecular weight excluding hydrogens is 295 g/mol. The van der Waals surface area contributed by atoms with Crippen molar-refractivity contribution in [2.45, 2.75) is 26.2 Å². The van der Waals surface area contributed by atoms with Crippen molar-refractivity contribution in [3.05, 3.63) is 64.5 Å². The average Bonchev–Trinajstić information content (AvgIpc) is 2.61. The molecule has 3 aromatic rings. The minimum atomic E-state index is 1.05. The van der Waals surface area contributed by atoms with Crippen molar-refractivity contribution in [1.29, 1.82) is 0 Å². The van der Waals surface area contributed by atoms with Crippen LogP contribution in [0.25, 0.3) is 34.1 Å². The maximum absolute atomic E-state index is 2.95. The largest absolute Gasteiger partial charge is 0.105 e. The topological polar surface area (TPSA) is 0 Å². The van der Waals surface area contributed by atoms with E-state index in [-0.39, 0.29) is 0 Å². The zero-order chi connectivity index (χ0) is 15.8. The van der Waals surface area contributed by atoms with Gasteiger partial charge in [0.2, 0.25) is 0 Å². The first-order chi connectivity index (χ1) is 11.3. The SMILES string of the molecule is CCc1ccc2ccccc2c1-c1c(P)ccc2c1=CCCC=2. The maximum Gasteiger partial charge on any atom is -0.00280 e. The molecule has 0 fully saturated rings. The lowest BCUT2D eigenvalue weighted by Crippen LogP contribution is -2.32. The van der Waals surface area contributed by atoms with E-state index in [0.29, 0.717) is 0 Å². The van der Waals surface area contributed by atoms with Gasteiger partial charge in [-0.05, 0) is 62.5 Å². The molecule has 1 atom stereocenters. The Kier molecular flexibility index (Phi) is 3.79. The van der Waals surface area contributed by atoms with Crippen molar-refractivity contribution in [1.82, 2.24) is 0 Å². The van der Waals surface area contributed by atoms with Crippen molar-refractivity contribution in [2.75, 3.05) is 0 Å². The number of benzene rings is 3. The van der Waals surface area contributed by atoms with E-state index in [2.05, 4.69) is 76.8 Å².